The summed E-state index contributed by atoms with van der Waals surface area (Å²) in [4.78, 5) is 75.7. The molecule has 0 saturated heterocycles. The highest BCUT2D eigenvalue weighted by atomic mass is 16.4. The van der Waals surface area contributed by atoms with Crippen LogP contribution in [0.2, 0.25) is 0 Å². The highest BCUT2D eigenvalue weighted by molar-refractivity contribution is 5.94. The topological polar surface area (TPSA) is 295 Å². The lowest BCUT2D eigenvalue weighted by Crippen LogP contribution is -2.57. The zero-order chi connectivity index (χ0) is 29.4. The smallest absolute Gasteiger partial charge is 0.326 e. The van der Waals surface area contributed by atoms with E-state index in [0.717, 1.165) is 0 Å². The summed E-state index contributed by atoms with van der Waals surface area (Å²) in [6.45, 7) is 3.71. The number of nitrogens with two attached hydrogens (primary N) is 4. The van der Waals surface area contributed by atoms with Crippen molar-refractivity contribution >= 4 is 41.5 Å². The maximum absolute atomic E-state index is 13.1. The van der Waals surface area contributed by atoms with E-state index in [1.54, 1.807) is 13.8 Å². The van der Waals surface area contributed by atoms with Crippen molar-refractivity contribution in [3.63, 3.8) is 0 Å². The second kappa shape index (κ2) is 17.5. The SMILES string of the molecule is CC(C)CC(NC(=O)C(CCCN=C(N)N)NC(=O)C(N)CCC(=O)O)C(=O)NC(CCC(N)=O)C(=O)O. The quantitative estimate of drug-likeness (QED) is 0.0450. The van der Waals surface area contributed by atoms with Crippen molar-refractivity contribution in [2.75, 3.05) is 6.54 Å². The summed E-state index contributed by atoms with van der Waals surface area (Å²) in [5.41, 5.74) is 21.4. The van der Waals surface area contributed by atoms with Gasteiger partial charge in [0, 0.05) is 19.4 Å². The van der Waals surface area contributed by atoms with Gasteiger partial charge in [-0.15, -0.1) is 0 Å². The summed E-state index contributed by atoms with van der Waals surface area (Å²) < 4.78 is 0. The minimum Gasteiger partial charge on any atom is -0.481 e. The van der Waals surface area contributed by atoms with E-state index in [2.05, 4.69) is 20.9 Å². The lowest BCUT2D eigenvalue weighted by atomic mass is 10.0. The number of amides is 4. The van der Waals surface area contributed by atoms with Crippen molar-refractivity contribution in [1.29, 1.82) is 0 Å². The molecule has 0 aliphatic rings. The lowest BCUT2D eigenvalue weighted by molar-refractivity contribution is -0.143. The van der Waals surface area contributed by atoms with Crippen LogP contribution in [0.15, 0.2) is 4.99 Å². The number of guanidine groups is 1. The summed E-state index contributed by atoms with van der Waals surface area (Å²) in [5, 5.41) is 25.5. The predicted octanol–water partition coefficient (Wildman–Crippen LogP) is -2.92. The first kappa shape index (κ1) is 34.0. The average Bonchev–Trinajstić information content (AvgIpc) is 2.80. The summed E-state index contributed by atoms with van der Waals surface area (Å²) in [7, 11) is 0. The van der Waals surface area contributed by atoms with E-state index in [-0.39, 0.29) is 63.4 Å². The molecule has 0 aromatic rings. The minimum atomic E-state index is -1.41. The third kappa shape index (κ3) is 15.2. The van der Waals surface area contributed by atoms with Gasteiger partial charge in [-0.05, 0) is 38.0 Å². The Morgan fingerprint density at radius 2 is 1.32 bits per heavy atom. The Kier molecular flexibility index (Phi) is 15.7. The van der Waals surface area contributed by atoms with E-state index in [4.69, 9.17) is 28.0 Å². The van der Waals surface area contributed by atoms with Crippen LogP contribution in [-0.2, 0) is 28.8 Å². The van der Waals surface area contributed by atoms with Crippen molar-refractivity contribution in [1.82, 2.24) is 16.0 Å². The fourth-order valence-electron chi connectivity index (χ4n) is 3.25. The number of nitrogens with one attached hydrogen (secondary N) is 3. The summed E-state index contributed by atoms with van der Waals surface area (Å²) >= 11 is 0. The molecule has 0 rings (SSSR count). The first-order valence-corrected chi connectivity index (χ1v) is 12.1. The maximum Gasteiger partial charge on any atom is 0.326 e. The van der Waals surface area contributed by atoms with E-state index >= 15 is 0 Å². The normalized spacial score (nSPS) is 13.9. The molecule has 0 spiro atoms. The molecule has 0 fully saturated rings. The fraction of sp³-hybridized carbons (Fsp3) is 0.682. The highest BCUT2D eigenvalue weighted by Crippen LogP contribution is 2.09. The van der Waals surface area contributed by atoms with Gasteiger partial charge in [0.15, 0.2) is 5.96 Å². The molecule has 0 aliphatic carbocycles. The van der Waals surface area contributed by atoms with Gasteiger partial charge in [-0.2, -0.15) is 0 Å². The summed E-state index contributed by atoms with van der Waals surface area (Å²) in [6.07, 6.45) is -0.591. The molecule has 216 valence electrons. The number of aliphatic carboxylic acids is 2. The molecule has 0 aromatic carbocycles. The van der Waals surface area contributed by atoms with Gasteiger partial charge in [0.2, 0.25) is 23.6 Å². The van der Waals surface area contributed by atoms with Crippen molar-refractivity contribution in [3.05, 3.63) is 0 Å². The number of carbonyl (C=O) groups is 6. The molecule has 0 radical (unpaired) electrons. The van der Waals surface area contributed by atoms with Gasteiger partial charge in [-0.1, -0.05) is 13.8 Å². The Bertz CT molecular complexity index is 875. The molecule has 0 bridgehead atoms. The molecular formula is C22H40N8O8. The highest BCUT2D eigenvalue weighted by Gasteiger charge is 2.30. The molecule has 38 heavy (non-hydrogen) atoms. The molecule has 0 aromatic heterocycles. The third-order valence-electron chi connectivity index (χ3n) is 5.22. The third-order valence-corrected chi connectivity index (χ3v) is 5.22. The number of hydrogen-bond acceptors (Lipinski definition) is 8. The molecule has 0 saturated carbocycles. The van der Waals surface area contributed by atoms with Crippen molar-refractivity contribution < 1.29 is 39.0 Å². The van der Waals surface area contributed by atoms with E-state index in [1.807, 2.05) is 0 Å². The molecule has 4 unspecified atom stereocenters. The minimum absolute atomic E-state index is 0.0480. The number of hydrogen-bond donors (Lipinski definition) is 9. The Balaban J connectivity index is 5.63. The monoisotopic (exact) mass is 544 g/mol. The Morgan fingerprint density at radius 1 is 0.763 bits per heavy atom. The van der Waals surface area contributed by atoms with Crippen LogP contribution in [0.1, 0.15) is 58.8 Å². The average molecular weight is 545 g/mol. The van der Waals surface area contributed by atoms with Crippen LogP contribution in [-0.4, -0.2) is 82.5 Å². The Hall–Kier alpha value is -3.95. The molecule has 0 heterocycles. The zero-order valence-corrected chi connectivity index (χ0v) is 21.6. The molecule has 16 heteroatoms. The van der Waals surface area contributed by atoms with Crippen LogP contribution in [0.4, 0.5) is 0 Å². The van der Waals surface area contributed by atoms with E-state index in [1.165, 1.54) is 0 Å². The van der Waals surface area contributed by atoms with Gasteiger partial charge in [0.25, 0.3) is 0 Å². The molecule has 16 nitrogen and oxygen atoms in total. The van der Waals surface area contributed by atoms with Crippen molar-refractivity contribution in [2.45, 2.75) is 83.0 Å². The molecular weight excluding hydrogens is 504 g/mol. The van der Waals surface area contributed by atoms with Crippen molar-refractivity contribution in [3.8, 4) is 0 Å². The van der Waals surface area contributed by atoms with E-state index < -0.39 is 59.7 Å². The van der Waals surface area contributed by atoms with Gasteiger partial charge in [-0.25, -0.2) is 4.79 Å². The van der Waals surface area contributed by atoms with Gasteiger partial charge in [0.1, 0.15) is 18.1 Å². The zero-order valence-electron chi connectivity index (χ0n) is 21.6. The fourth-order valence-corrected chi connectivity index (χ4v) is 3.25. The van der Waals surface area contributed by atoms with Crippen LogP contribution in [0.5, 0.6) is 0 Å². The number of carboxylic acids is 2. The second-order valence-corrected chi connectivity index (χ2v) is 9.14. The van der Waals surface area contributed by atoms with E-state index in [0.29, 0.717) is 0 Å². The number of carboxylic acid groups (broad SMARTS) is 2. The largest absolute Gasteiger partial charge is 0.481 e. The van der Waals surface area contributed by atoms with Gasteiger partial charge >= 0.3 is 11.9 Å². The number of primary amides is 1. The maximum atomic E-state index is 13.1. The first-order chi connectivity index (χ1) is 17.6. The van der Waals surface area contributed by atoms with Crippen LogP contribution in [0.25, 0.3) is 0 Å². The van der Waals surface area contributed by atoms with Crippen LogP contribution in [0.3, 0.4) is 0 Å². The van der Waals surface area contributed by atoms with Crippen LogP contribution < -0.4 is 38.9 Å². The van der Waals surface area contributed by atoms with Crippen molar-refractivity contribution in [2.24, 2.45) is 33.8 Å². The van der Waals surface area contributed by atoms with Crippen LogP contribution in [0, 0.1) is 5.92 Å². The van der Waals surface area contributed by atoms with E-state index in [9.17, 15) is 33.9 Å². The Morgan fingerprint density at radius 3 is 1.82 bits per heavy atom. The van der Waals surface area contributed by atoms with Gasteiger partial charge in [0.05, 0.1) is 6.04 Å². The van der Waals surface area contributed by atoms with Crippen LogP contribution >= 0.6 is 0 Å². The van der Waals surface area contributed by atoms with Gasteiger partial charge in [-0.3, -0.25) is 29.0 Å². The molecule has 4 atom stereocenters. The number of rotatable bonds is 19. The molecule has 0 aliphatic heterocycles. The lowest BCUT2D eigenvalue weighted by Gasteiger charge is -2.26. The summed E-state index contributed by atoms with van der Waals surface area (Å²) in [5.74, 6) is -5.84. The Labute approximate surface area is 220 Å². The van der Waals surface area contributed by atoms with Gasteiger partial charge < -0.3 is 49.1 Å². The number of aliphatic imine (C=N–C) groups is 1. The molecule has 13 N–H and O–H groups in total. The first-order valence-electron chi connectivity index (χ1n) is 12.1. The standard InChI is InChI=1S/C22H40N8O8/c1-11(2)10-15(20(36)29-14(21(37)38)6-7-16(24)31)30-19(35)13(4-3-9-27-22(25)26)28-18(34)12(23)5-8-17(32)33/h11-15H,3-10,23H2,1-2H3,(H2,24,31)(H,28,34)(H,29,36)(H,30,35)(H,32,33)(H,37,38)(H4,25,26,27). The number of nitrogens with zero attached hydrogens (tertiary/aromatic N) is 1. The second-order valence-electron chi connectivity index (χ2n) is 9.14. The predicted molar refractivity (Wildman–Crippen MR) is 136 cm³/mol. The molecule has 4 amide bonds. The summed E-state index contributed by atoms with van der Waals surface area (Å²) in [6, 6.07) is -4.96. The number of carbonyl (C=O) groups excluding carboxylic acids is 4.